The zero-order chi connectivity index (χ0) is 13.5. The summed E-state index contributed by atoms with van der Waals surface area (Å²) >= 11 is 0. The number of aromatic nitrogens is 1. The van der Waals surface area contributed by atoms with E-state index in [0.717, 1.165) is 25.3 Å². The molecule has 1 amide bonds. The van der Waals surface area contributed by atoms with Crippen LogP contribution in [0, 0.1) is 0 Å². The molecule has 0 saturated heterocycles. The van der Waals surface area contributed by atoms with Gasteiger partial charge in [-0.25, -0.2) is 4.98 Å². The number of rotatable bonds is 6. The Hall–Kier alpha value is -1.62. The quantitative estimate of drug-likeness (QED) is 0.817. The minimum Gasteiger partial charge on any atom is -0.357 e. The molecule has 0 spiro atoms. The Bertz CT molecular complexity index is 375. The van der Waals surface area contributed by atoms with E-state index in [1.54, 1.807) is 25.2 Å². The summed E-state index contributed by atoms with van der Waals surface area (Å²) in [7, 11) is 3.46. The van der Waals surface area contributed by atoms with Gasteiger partial charge in [0, 0.05) is 33.4 Å². The number of carbonyl (C=O) groups is 1. The van der Waals surface area contributed by atoms with Crippen LogP contribution in [0.15, 0.2) is 18.3 Å². The van der Waals surface area contributed by atoms with E-state index >= 15 is 0 Å². The minimum absolute atomic E-state index is 0.0287. The van der Waals surface area contributed by atoms with Gasteiger partial charge in [-0.3, -0.25) is 4.79 Å². The van der Waals surface area contributed by atoms with E-state index in [2.05, 4.69) is 16.8 Å². The van der Waals surface area contributed by atoms with Gasteiger partial charge in [-0.15, -0.1) is 0 Å². The second-order valence-electron chi connectivity index (χ2n) is 4.33. The Labute approximate surface area is 109 Å². The molecule has 5 heteroatoms. The fourth-order valence-electron chi connectivity index (χ4n) is 1.67. The molecule has 1 rings (SSSR count). The van der Waals surface area contributed by atoms with Crippen LogP contribution in [0.25, 0.3) is 0 Å². The fourth-order valence-corrected chi connectivity index (χ4v) is 1.67. The molecule has 0 radical (unpaired) electrons. The maximum atomic E-state index is 11.7. The standard InChI is InChI=1S/C13H22N4O/c1-4-17(9-5-8-14)12-7-6-11(10-15-12)13(18)16(2)3/h6-7,10H,4-5,8-9,14H2,1-3H3. The molecule has 1 aromatic rings. The van der Waals surface area contributed by atoms with Crippen molar-refractivity contribution in [1.82, 2.24) is 9.88 Å². The Morgan fingerprint density at radius 3 is 2.56 bits per heavy atom. The summed E-state index contributed by atoms with van der Waals surface area (Å²) in [5, 5.41) is 0. The Balaban J connectivity index is 2.77. The molecule has 0 fully saturated rings. The average Bonchev–Trinajstić information content (AvgIpc) is 2.39. The predicted octanol–water partition coefficient (Wildman–Crippen LogP) is 0.958. The number of nitrogens with zero attached hydrogens (tertiary/aromatic N) is 3. The van der Waals surface area contributed by atoms with Crippen LogP contribution in [0.2, 0.25) is 0 Å². The third kappa shape index (κ3) is 3.70. The molecule has 1 aromatic heterocycles. The van der Waals surface area contributed by atoms with Crippen LogP contribution in [0.3, 0.4) is 0 Å². The predicted molar refractivity (Wildman–Crippen MR) is 73.8 cm³/mol. The Morgan fingerprint density at radius 1 is 1.39 bits per heavy atom. The Kier molecular flexibility index (Phi) is 5.58. The second kappa shape index (κ2) is 6.96. The van der Waals surface area contributed by atoms with Crippen LogP contribution in [-0.2, 0) is 0 Å². The van der Waals surface area contributed by atoms with Crippen molar-refractivity contribution in [3.05, 3.63) is 23.9 Å². The fraction of sp³-hybridized carbons (Fsp3) is 0.538. The molecule has 18 heavy (non-hydrogen) atoms. The van der Waals surface area contributed by atoms with Crippen molar-refractivity contribution in [2.24, 2.45) is 5.73 Å². The average molecular weight is 250 g/mol. The largest absolute Gasteiger partial charge is 0.357 e. The molecule has 0 aromatic carbocycles. The van der Waals surface area contributed by atoms with E-state index in [1.165, 1.54) is 0 Å². The van der Waals surface area contributed by atoms with Gasteiger partial charge in [-0.05, 0) is 32.0 Å². The third-order valence-corrected chi connectivity index (χ3v) is 2.74. The normalized spacial score (nSPS) is 10.2. The number of nitrogens with two attached hydrogens (primary N) is 1. The van der Waals surface area contributed by atoms with Gasteiger partial charge in [0.1, 0.15) is 5.82 Å². The highest BCUT2D eigenvalue weighted by molar-refractivity contribution is 5.93. The molecule has 0 bridgehead atoms. The second-order valence-corrected chi connectivity index (χ2v) is 4.33. The number of anilines is 1. The molecule has 0 aliphatic rings. The molecule has 0 aliphatic heterocycles. The van der Waals surface area contributed by atoms with E-state index in [-0.39, 0.29) is 5.91 Å². The van der Waals surface area contributed by atoms with Gasteiger partial charge in [0.2, 0.25) is 0 Å². The first-order chi connectivity index (χ1) is 8.60. The number of hydrogen-bond acceptors (Lipinski definition) is 4. The Morgan fingerprint density at radius 2 is 2.11 bits per heavy atom. The molecule has 5 nitrogen and oxygen atoms in total. The van der Waals surface area contributed by atoms with Crippen molar-refractivity contribution in [2.45, 2.75) is 13.3 Å². The highest BCUT2D eigenvalue weighted by atomic mass is 16.2. The topological polar surface area (TPSA) is 62.5 Å². The van der Waals surface area contributed by atoms with Crippen LogP contribution in [0.4, 0.5) is 5.82 Å². The molecule has 0 aliphatic carbocycles. The molecular formula is C13H22N4O. The van der Waals surface area contributed by atoms with Crippen molar-refractivity contribution < 1.29 is 4.79 Å². The SMILES string of the molecule is CCN(CCCN)c1ccc(C(=O)N(C)C)cn1. The summed E-state index contributed by atoms with van der Waals surface area (Å²) in [5.74, 6) is 0.861. The molecule has 0 unspecified atom stereocenters. The third-order valence-electron chi connectivity index (χ3n) is 2.74. The molecule has 100 valence electrons. The number of carbonyl (C=O) groups excluding carboxylic acids is 1. The van der Waals surface area contributed by atoms with Gasteiger partial charge in [-0.2, -0.15) is 0 Å². The van der Waals surface area contributed by atoms with Crippen molar-refractivity contribution >= 4 is 11.7 Å². The lowest BCUT2D eigenvalue weighted by Gasteiger charge is -2.21. The van der Waals surface area contributed by atoms with Crippen LogP contribution in [-0.4, -0.2) is 49.5 Å². The smallest absolute Gasteiger partial charge is 0.254 e. The van der Waals surface area contributed by atoms with Gasteiger partial charge in [0.05, 0.1) is 5.56 Å². The zero-order valence-electron chi connectivity index (χ0n) is 11.4. The number of amides is 1. The van der Waals surface area contributed by atoms with E-state index in [0.29, 0.717) is 12.1 Å². The highest BCUT2D eigenvalue weighted by Crippen LogP contribution is 2.12. The van der Waals surface area contributed by atoms with E-state index in [9.17, 15) is 4.79 Å². The van der Waals surface area contributed by atoms with Gasteiger partial charge >= 0.3 is 0 Å². The summed E-state index contributed by atoms with van der Waals surface area (Å²) < 4.78 is 0. The van der Waals surface area contributed by atoms with Crippen molar-refractivity contribution in [1.29, 1.82) is 0 Å². The lowest BCUT2D eigenvalue weighted by atomic mass is 10.2. The molecular weight excluding hydrogens is 228 g/mol. The first-order valence-corrected chi connectivity index (χ1v) is 6.22. The van der Waals surface area contributed by atoms with Crippen LogP contribution < -0.4 is 10.6 Å². The first kappa shape index (κ1) is 14.4. The molecule has 2 N–H and O–H groups in total. The van der Waals surface area contributed by atoms with Crippen molar-refractivity contribution in [3.8, 4) is 0 Å². The lowest BCUT2D eigenvalue weighted by molar-refractivity contribution is 0.0827. The monoisotopic (exact) mass is 250 g/mol. The maximum absolute atomic E-state index is 11.7. The lowest BCUT2D eigenvalue weighted by Crippen LogP contribution is -2.27. The summed E-state index contributed by atoms with van der Waals surface area (Å²) in [6, 6.07) is 3.70. The van der Waals surface area contributed by atoms with Crippen LogP contribution in [0.5, 0.6) is 0 Å². The molecule has 0 atom stereocenters. The maximum Gasteiger partial charge on any atom is 0.254 e. The van der Waals surface area contributed by atoms with Gasteiger partial charge in [-0.1, -0.05) is 0 Å². The van der Waals surface area contributed by atoms with E-state index < -0.39 is 0 Å². The summed E-state index contributed by atoms with van der Waals surface area (Å²) in [6.45, 7) is 4.53. The van der Waals surface area contributed by atoms with Gasteiger partial charge < -0.3 is 15.5 Å². The zero-order valence-corrected chi connectivity index (χ0v) is 11.4. The van der Waals surface area contributed by atoms with Crippen molar-refractivity contribution in [3.63, 3.8) is 0 Å². The minimum atomic E-state index is -0.0287. The number of pyridine rings is 1. The van der Waals surface area contributed by atoms with E-state index in [4.69, 9.17) is 5.73 Å². The van der Waals surface area contributed by atoms with Gasteiger partial charge in [0.15, 0.2) is 0 Å². The van der Waals surface area contributed by atoms with E-state index in [1.807, 2.05) is 12.1 Å². The van der Waals surface area contributed by atoms with Gasteiger partial charge in [0.25, 0.3) is 5.91 Å². The highest BCUT2D eigenvalue weighted by Gasteiger charge is 2.10. The van der Waals surface area contributed by atoms with Crippen molar-refractivity contribution in [2.75, 3.05) is 38.6 Å². The molecule has 0 saturated carbocycles. The first-order valence-electron chi connectivity index (χ1n) is 6.22. The van der Waals surface area contributed by atoms with Crippen LogP contribution >= 0.6 is 0 Å². The summed E-state index contributed by atoms with van der Waals surface area (Å²) in [6.07, 6.45) is 2.57. The summed E-state index contributed by atoms with van der Waals surface area (Å²) in [4.78, 5) is 19.8. The summed E-state index contributed by atoms with van der Waals surface area (Å²) in [5.41, 5.74) is 6.12. The number of hydrogen-bond donors (Lipinski definition) is 1. The van der Waals surface area contributed by atoms with Crippen LogP contribution in [0.1, 0.15) is 23.7 Å². The molecule has 1 heterocycles.